The summed E-state index contributed by atoms with van der Waals surface area (Å²) in [7, 11) is 0. The van der Waals surface area contributed by atoms with Crippen LogP contribution < -0.4 is 15.8 Å². The predicted molar refractivity (Wildman–Crippen MR) is 143 cm³/mol. The third-order valence-corrected chi connectivity index (χ3v) is 7.55. The SMILES string of the molecule is CCC1=CC(N)=NC2(C[C@@](C)(Cc3ccccc3)Oc3ccc(-c4cccc(C5CN5)c4)cc32)C1=O. The number of dihydropyridines is 1. The van der Waals surface area contributed by atoms with Crippen LogP contribution in [0.2, 0.25) is 0 Å². The van der Waals surface area contributed by atoms with E-state index in [1.807, 2.05) is 31.2 Å². The summed E-state index contributed by atoms with van der Waals surface area (Å²) in [5, 5.41) is 3.37. The van der Waals surface area contributed by atoms with Crippen molar-refractivity contribution in [3.63, 3.8) is 0 Å². The molecule has 182 valence electrons. The monoisotopic (exact) mass is 477 g/mol. The van der Waals surface area contributed by atoms with Gasteiger partial charge in [-0.25, -0.2) is 4.99 Å². The molecule has 1 fully saturated rings. The van der Waals surface area contributed by atoms with Gasteiger partial charge >= 0.3 is 0 Å². The van der Waals surface area contributed by atoms with Crippen LogP contribution >= 0.6 is 0 Å². The zero-order chi connectivity index (χ0) is 24.9. The van der Waals surface area contributed by atoms with Crippen molar-refractivity contribution in [3.8, 4) is 16.9 Å². The lowest BCUT2D eigenvalue weighted by atomic mass is 9.70. The van der Waals surface area contributed by atoms with Gasteiger partial charge in [0.2, 0.25) is 0 Å². The maximum atomic E-state index is 14.1. The molecule has 5 nitrogen and oxygen atoms in total. The summed E-state index contributed by atoms with van der Waals surface area (Å²) in [6.45, 7) is 5.08. The number of aliphatic imine (C=N–C) groups is 1. The van der Waals surface area contributed by atoms with Crippen LogP contribution in [0.5, 0.6) is 5.75 Å². The van der Waals surface area contributed by atoms with Crippen LogP contribution in [0.1, 0.15) is 49.4 Å². The number of hydrogen-bond acceptors (Lipinski definition) is 5. The Labute approximate surface area is 212 Å². The second-order valence-corrected chi connectivity index (χ2v) is 10.4. The van der Waals surface area contributed by atoms with Gasteiger partial charge in [0, 0.05) is 36.6 Å². The fraction of sp³-hybridized carbons (Fsp3) is 0.290. The highest BCUT2D eigenvalue weighted by molar-refractivity contribution is 6.13. The predicted octanol–water partition coefficient (Wildman–Crippen LogP) is 5.25. The highest BCUT2D eigenvalue weighted by Gasteiger charge is 2.53. The third-order valence-electron chi connectivity index (χ3n) is 7.55. The summed E-state index contributed by atoms with van der Waals surface area (Å²) in [4.78, 5) is 19.0. The maximum absolute atomic E-state index is 14.1. The zero-order valence-electron chi connectivity index (χ0n) is 20.8. The molecule has 2 unspecified atom stereocenters. The molecule has 3 aliphatic heterocycles. The molecule has 0 aliphatic carbocycles. The van der Waals surface area contributed by atoms with Gasteiger partial charge in [-0.1, -0.05) is 61.5 Å². The summed E-state index contributed by atoms with van der Waals surface area (Å²) in [6.07, 6.45) is 3.43. The van der Waals surface area contributed by atoms with Crippen LogP contribution in [0.15, 0.2) is 89.4 Å². The molecule has 1 saturated heterocycles. The Bertz CT molecular complexity index is 1410. The van der Waals surface area contributed by atoms with Gasteiger partial charge in [-0.2, -0.15) is 0 Å². The number of ether oxygens (including phenoxy) is 1. The highest BCUT2D eigenvalue weighted by Crippen LogP contribution is 2.51. The van der Waals surface area contributed by atoms with Gasteiger partial charge in [0.15, 0.2) is 11.3 Å². The molecule has 0 bridgehead atoms. The lowest BCUT2D eigenvalue weighted by molar-refractivity contribution is -0.124. The summed E-state index contributed by atoms with van der Waals surface area (Å²) in [6, 6.07) is 25.4. The first-order valence-corrected chi connectivity index (χ1v) is 12.7. The fourth-order valence-electron chi connectivity index (χ4n) is 5.79. The van der Waals surface area contributed by atoms with Crippen molar-refractivity contribution in [1.29, 1.82) is 0 Å². The zero-order valence-corrected chi connectivity index (χ0v) is 20.8. The minimum atomic E-state index is -1.10. The molecule has 0 radical (unpaired) electrons. The van der Waals surface area contributed by atoms with Gasteiger partial charge in [0.25, 0.3) is 0 Å². The van der Waals surface area contributed by atoms with E-state index >= 15 is 0 Å². The smallest absolute Gasteiger partial charge is 0.191 e. The van der Waals surface area contributed by atoms with E-state index in [9.17, 15) is 4.79 Å². The molecule has 0 saturated carbocycles. The molecular weight excluding hydrogens is 446 g/mol. The number of hydrogen-bond donors (Lipinski definition) is 2. The number of nitrogens with zero attached hydrogens (tertiary/aromatic N) is 1. The van der Waals surface area contributed by atoms with E-state index in [0.717, 1.165) is 28.8 Å². The quantitative estimate of drug-likeness (QED) is 0.491. The molecule has 5 heteroatoms. The Morgan fingerprint density at radius 3 is 2.58 bits per heavy atom. The molecule has 3 aliphatic rings. The number of amidine groups is 1. The van der Waals surface area contributed by atoms with Crippen LogP contribution in [-0.2, 0) is 16.8 Å². The number of ketones is 1. The number of nitrogens with two attached hydrogens (primary N) is 1. The first-order valence-electron chi connectivity index (χ1n) is 12.7. The van der Waals surface area contributed by atoms with E-state index in [4.69, 9.17) is 15.5 Å². The van der Waals surface area contributed by atoms with E-state index in [1.54, 1.807) is 6.08 Å². The molecule has 3 atom stereocenters. The minimum Gasteiger partial charge on any atom is -0.487 e. The van der Waals surface area contributed by atoms with Crippen LogP contribution in [0.4, 0.5) is 0 Å². The third kappa shape index (κ3) is 3.94. The molecular formula is C31H31N3O2. The molecule has 0 amide bonds. The average molecular weight is 478 g/mol. The van der Waals surface area contributed by atoms with Crippen LogP contribution in [0.25, 0.3) is 11.1 Å². The summed E-state index contributed by atoms with van der Waals surface area (Å²) in [5.41, 5.74) is 10.7. The van der Waals surface area contributed by atoms with E-state index in [-0.39, 0.29) is 5.78 Å². The van der Waals surface area contributed by atoms with Gasteiger partial charge in [-0.3, -0.25) is 4.79 Å². The van der Waals surface area contributed by atoms with Gasteiger partial charge in [0.1, 0.15) is 17.2 Å². The summed E-state index contributed by atoms with van der Waals surface area (Å²) in [5.74, 6) is 1.12. The summed E-state index contributed by atoms with van der Waals surface area (Å²) >= 11 is 0. The van der Waals surface area contributed by atoms with E-state index < -0.39 is 11.1 Å². The number of benzene rings is 3. The van der Waals surface area contributed by atoms with Crippen molar-refractivity contribution in [2.24, 2.45) is 10.7 Å². The molecule has 1 spiro atoms. The fourth-order valence-corrected chi connectivity index (χ4v) is 5.79. The van der Waals surface area contributed by atoms with Crippen LogP contribution in [-0.4, -0.2) is 23.8 Å². The van der Waals surface area contributed by atoms with Crippen molar-refractivity contribution in [2.75, 3.05) is 6.54 Å². The average Bonchev–Trinajstić information content (AvgIpc) is 3.72. The lowest BCUT2D eigenvalue weighted by Crippen LogP contribution is -2.52. The van der Waals surface area contributed by atoms with Gasteiger partial charge in [-0.05, 0) is 59.9 Å². The highest BCUT2D eigenvalue weighted by atomic mass is 16.5. The van der Waals surface area contributed by atoms with Crippen LogP contribution in [0, 0.1) is 0 Å². The topological polar surface area (TPSA) is 86.6 Å². The van der Waals surface area contributed by atoms with Crippen molar-refractivity contribution < 1.29 is 9.53 Å². The maximum Gasteiger partial charge on any atom is 0.191 e. The molecule has 3 N–H and O–H groups in total. The number of rotatable bonds is 5. The second kappa shape index (κ2) is 8.45. The number of carbonyl (C=O) groups is 1. The van der Waals surface area contributed by atoms with Crippen molar-refractivity contribution in [3.05, 3.63) is 101 Å². The Hall–Kier alpha value is -3.70. The van der Waals surface area contributed by atoms with Crippen molar-refractivity contribution in [1.82, 2.24) is 5.32 Å². The van der Waals surface area contributed by atoms with Gasteiger partial charge in [-0.15, -0.1) is 0 Å². The molecule has 6 rings (SSSR count). The number of fused-ring (bicyclic) bond motifs is 2. The first kappa shape index (κ1) is 22.7. The normalized spacial score (nSPS) is 26.6. The van der Waals surface area contributed by atoms with Crippen LogP contribution in [0.3, 0.4) is 0 Å². The Balaban J connectivity index is 1.49. The van der Waals surface area contributed by atoms with E-state index in [2.05, 4.69) is 60.8 Å². The van der Waals surface area contributed by atoms with Crippen molar-refractivity contribution >= 4 is 11.6 Å². The molecule has 3 aromatic rings. The number of Topliss-reactive ketones (excluding diaryl/α,β-unsaturated/α-hetero) is 1. The minimum absolute atomic E-state index is 0.0242. The molecule has 36 heavy (non-hydrogen) atoms. The first-order chi connectivity index (χ1) is 17.4. The summed E-state index contributed by atoms with van der Waals surface area (Å²) < 4.78 is 6.67. The Morgan fingerprint density at radius 2 is 1.83 bits per heavy atom. The Kier molecular flexibility index (Phi) is 5.34. The van der Waals surface area contributed by atoms with Gasteiger partial charge < -0.3 is 15.8 Å². The molecule has 3 heterocycles. The largest absolute Gasteiger partial charge is 0.487 e. The van der Waals surface area contributed by atoms with Crippen molar-refractivity contribution in [2.45, 2.75) is 50.3 Å². The second-order valence-electron chi connectivity index (χ2n) is 10.4. The standard InChI is InChI=1S/C31H31N3O2/c1-3-21-16-28(32)34-31(29(21)35)19-30(2,17-20-8-5-4-6-9-20)36-27-13-12-23(15-25(27)31)22-10-7-11-24(14-22)26-18-33-26/h4-16,26,33H,3,17-19H2,1-2H3,(H2,32,34)/t26?,30-,31?/m1/s1. The molecule has 3 aromatic carbocycles. The lowest BCUT2D eigenvalue weighted by Gasteiger charge is -2.46. The number of carbonyl (C=O) groups excluding carboxylic acids is 1. The van der Waals surface area contributed by atoms with E-state index in [1.165, 1.54) is 5.56 Å². The van der Waals surface area contributed by atoms with E-state index in [0.29, 0.717) is 42.5 Å². The molecule has 0 aromatic heterocycles. The number of nitrogens with one attached hydrogen (secondary N) is 1. The van der Waals surface area contributed by atoms with Gasteiger partial charge in [0.05, 0.1) is 0 Å². The Morgan fingerprint density at radius 1 is 1.06 bits per heavy atom.